The van der Waals surface area contributed by atoms with Crippen LogP contribution in [0, 0.1) is 23.7 Å². The molecule has 2 bridgehead atoms. The molecule has 1 fully saturated rings. The molecule has 15 heavy (non-hydrogen) atoms. The Balaban J connectivity index is 1.86. The molecule has 0 aliphatic heterocycles. The van der Waals surface area contributed by atoms with Crippen molar-refractivity contribution in [3.8, 4) is 0 Å². The highest BCUT2D eigenvalue weighted by Gasteiger charge is 2.38. The fourth-order valence-electron chi connectivity index (χ4n) is 3.50. The molecule has 2 rings (SSSR count). The van der Waals surface area contributed by atoms with Gasteiger partial charge >= 0.3 is 0 Å². The molecule has 1 heteroatoms. The van der Waals surface area contributed by atoms with Crippen molar-refractivity contribution in [2.24, 2.45) is 29.4 Å². The highest BCUT2D eigenvalue weighted by Crippen LogP contribution is 2.45. The van der Waals surface area contributed by atoms with E-state index in [1.807, 2.05) is 0 Å². The monoisotopic (exact) mass is 207 g/mol. The summed E-state index contributed by atoms with van der Waals surface area (Å²) in [6, 6.07) is 0.454. The van der Waals surface area contributed by atoms with Crippen molar-refractivity contribution in [1.29, 1.82) is 0 Å². The summed E-state index contributed by atoms with van der Waals surface area (Å²) in [5.41, 5.74) is 6.38. The zero-order valence-corrected chi connectivity index (χ0v) is 10.2. The molecule has 0 aromatic carbocycles. The molecule has 2 aliphatic carbocycles. The third-order valence-corrected chi connectivity index (χ3v) is 4.64. The molecule has 0 radical (unpaired) electrons. The SMILES string of the molecule is CCC(CC)C[C@H](N)[C@@H]1C[C@H]2C=C[C@@H]1C2. The molecular formula is C14H25N. The summed E-state index contributed by atoms with van der Waals surface area (Å²) in [6.07, 6.45) is 11.4. The maximum absolute atomic E-state index is 6.38. The van der Waals surface area contributed by atoms with Gasteiger partial charge in [0.05, 0.1) is 0 Å². The van der Waals surface area contributed by atoms with Gasteiger partial charge in [-0.3, -0.25) is 0 Å². The molecule has 4 atom stereocenters. The van der Waals surface area contributed by atoms with Gasteiger partial charge in [-0.05, 0) is 42.9 Å². The smallest absolute Gasteiger partial charge is 0.00756 e. The van der Waals surface area contributed by atoms with E-state index in [-0.39, 0.29) is 0 Å². The highest BCUT2D eigenvalue weighted by atomic mass is 14.7. The molecule has 0 unspecified atom stereocenters. The molecule has 0 heterocycles. The second-order valence-electron chi connectivity index (χ2n) is 5.53. The van der Waals surface area contributed by atoms with Crippen LogP contribution in [0.3, 0.4) is 0 Å². The molecule has 1 nitrogen and oxygen atoms in total. The number of rotatable bonds is 5. The van der Waals surface area contributed by atoms with E-state index in [0.717, 1.165) is 23.7 Å². The van der Waals surface area contributed by atoms with Crippen molar-refractivity contribution in [2.75, 3.05) is 0 Å². The summed E-state index contributed by atoms with van der Waals surface area (Å²) in [4.78, 5) is 0. The van der Waals surface area contributed by atoms with Crippen molar-refractivity contribution < 1.29 is 0 Å². The number of allylic oxidation sites excluding steroid dienone is 2. The minimum atomic E-state index is 0.454. The van der Waals surface area contributed by atoms with E-state index >= 15 is 0 Å². The summed E-state index contributed by atoms with van der Waals surface area (Å²) in [5.74, 6) is 3.33. The molecule has 0 amide bonds. The summed E-state index contributed by atoms with van der Waals surface area (Å²) in [5, 5.41) is 0. The molecular weight excluding hydrogens is 182 g/mol. The van der Waals surface area contributed by atoms with Gasteiger partial charge in [0.2, 0.25) is 0 Å². The summed E-state index contributed by atoms with van der Waals surface area (Å²) in [7, 11) is 0. The van der Waals surface area contributed by atoms with Crippen LogP contribution in [0.5, 0.6) is 0 Å². The van der Waals surface area contributed by atoms with E-state index in [4.69, 9.17) is 5.73 Å². The molecule has 0 saturated heterocycles. The van der Waals surface area contributed by atoms with E-state index in [0.29, 0.717) is 6.04 Å². The van der Waals surface area contributed by atoms with Crippen LogP contribution < -0.4 is 5.73 Å². The van der Waals surface area contributed by atoms with Gasteiger partial charge in [-0.2, -0.15) is 0 Å². The van der Waals surface area contributed by atoms with Crippen LogP contribution in [0.15, 0.2) is 12.2 Å². The van der Waals surface area contributed by atoms with Crippen molar-refractivity contribution in [2.45, 2.75) is 52.0 Å². The minimum Gasteiger partial charge on any atom is -0.327 e. The van der Waals surface area contributed by atoms with Gasteiger partial charge in [-0.15, -0.1) is 0 Å². The van der Waals surface area contributed by atoms with Crippen LogP contribution in [0.25, 0.3) is 0 Å². The molecule has 0 spiro atoms. The van der Waals surface area contributed by atoms with Gasteiger partial charge in [0.25, 0.3) is 0 Å². The lowest BCUT2D eigenvalue weighted by atomic mass is 9.81. The maximum atomic E-state index is 6.38. The highest BCUT2D eigenvalue weighted by molar-refractivity contribution is 5.11. The van der Waals surface area contributed by atoms with Crippen LogP contribution >= 0.6 is 0 Å². The fraction of sp³-hybridized carbons (Fsp3) is 0.857. The van der Waals surface area contributed by atoms with E-state index < -0.39 is 0 Å². The van der Waals surface area contributed by atoms with E-state index in [2.05, 4.69) is 26.0 Å². The van der Waals surface area contributed by atoms with Gasteiger partial charge in [-0.25, -0.2) is 0 Å². The first kappa shape index (κ1) is 11.2. The van der Waals surface area contributed by atoms with Crippen LogP contribution in [-0.2, 0) is 0 Å². The number of hydrogen-bond donors (Lipinski definition) is 1. The van der Waals surface area contributed by atoms with Crippen molar-refractivity contribution in [1.82, 2.24) is 0 Å². The zero-order chi connectivity index (χ0) is 10.8. The minimum absolute atomic E-state index is 0.454. The van der Waals surface area contributed by atoms with Crippen molar-refractivity contribution in [3.63, 3.8) is 0 Å². The van der Waals surface area contributed by atoms with Crippen molar-refractivity contribution in [3.05, 3.63) is 12.2 Å². The first-order valence-corrected chi connectivity index (χ1v) is 6.68. The Morgan fingerprint density at radius 2 is 1.93 bits per heavy atom. The second-order valence-corrected chi connectivity index (χ2v) is 5.53. The molecule has 1 saturated carbocycles. The Labute approximate surface area is 94.1 Å². The van der Waals surface area contributed by atoms with Gasteiger partial charge in [0, 0.05) is 6.04 Å². The van der Waals surface area contributed by atoms with Crippen LogP contribution in [0.2, 0.25) is 0 Å². The van der Waals surface area contributed by atoms with Gasteiger partial charge in [-0.1, -0.05) is 38.8 Å². The average molecular weight is 207 g/mol. The number of hydrogen-bond acceptors (Lipinski definition) is 1. The van der Waals surface area contributed by atoms with Gasteiger partial charge in [0.15, 0.2) is 0 Å². The molecule has 2 N–H and O–H groups in total. The lowest BCUT2D eigenvalue weighted by molar-refractivity contribution is 0.297. The van der Waals surface area contributed by atoms with Crippen molar-refractivity contribution >= 4 is 0 Å². The van der Waals surface area contributed by atoms with Crippen LogP contribution in [-0.4, -0.2) is 6.04 Å². The standard InChI is InChI=1S/C14H25N/c1-3-10(4-2)9-14(15)13-8-11-5-6-12(13)7-11/h5-6,10-14H,3-4,7-9,15H2,1-2H3/t11-,12+,13+,14-/m0/s1. The van der Waals surface area contributed by atoms with E-state index in [1.54, 1.807) is 0 Å². The topological polar surface area (TPSA) is 26.0 Å². The Kier molecular flexibility index (Phi) is 3.50. The molecule has 0 aromatic heterocycles. The third-order valence-electron chi connectivity index (χ3n) is 4.64. The summed E-state index contributed by atoms with van der Waals surface area (Å²) >= 11 is 0. The summed E-state index contributed by atoms with van der Waals surface area (Å²) < 4.78 is 0. The van der Waals surface area contributed by atoms with E-state index in [9.17, 15) is 0 Å². The second kappa shape index (κ2) is 4.69. The van der Waals surface area contributed by atoms with Crippen LogP contribution in [0.4, 0.5) is 0 Å². The lowest BCUT2D eigenvalue weighted by Gasteiger charge is -2.28. The fourth-order valence-corrected chi connectivity index (χ4v) is 3.50. The number of nitrogens with two attached hydrogens (primary N) is 1. The molecule has 86 valence electrons. The van der Waals surface area contributed by atoms with Gasteiger partial charge < -0.3 is 5.73 Å². The Hall–Kier alpha value is -0.300. The maximum Gasteiger partial charge on any atom is 0.00756 e. The molecule has 0 aromatic rings. The quantitative estimate of drug-likeness (QED) is 0.687. The Bertz CT molecular complexity index is 229. The Morgan fingerprint density at radius 3 is 2.40 bits per heavy atom. The van der Waals surface area contributed by atoms with Gasteiger partial charge in [0.1, 0.15) is 0 Å². The predicted molar refractivity (Wildman–Crippen MR) is 65.5 cm³/mol. The third kappa shape index (κ3) is 2.28. The largest absolute Gasteiger partial charge is 0.327 e. The lowest BCUT2D eigenvalue weighted by Crippen LogP contribution is -2.34. The zero-order valence-electron chi connectivity index (χ0n) is 10.2. The molecule has 2 aliphatic rings. The van der Waals surface area contributed by atoms with E-state index in [1.165, 1.54) is 32.1 Å². The normalized spacial score (nSPS) is 35.3. The first-order valence-electron chi connectivity index (χ1n) is 6.68. The summed E-state index contributed by atoms with van der Waals surface area (Å²) in [6.45, 7) is 4.59. The van der Waals surface area contributed by atoms with Crippen LogP contribution in [0.1, 0.15) is 46.0 Å². The average Bonchev–Trinajstić information content (AvgIpc) is 2.87. The Morgan fingerprint density at radius 1 is 1.20 bits per heavy atom. The first-order chi connectivity index (χ1) is 7.24. The predicted octanol–water partition coefficient (Wildman–Crippen LogP) is 3.35. The number of fused-ring (bicyclic) bond motifs is 2.